The number of carbonyl (C=O) groups excluding carboxylic acids is 1. The molecule has 0 bridgehead atoms. The van der Waals surface area contributed by atoms with Gasteiger partial charge in [0.05, 0.1) is 0 Å². The van der Waals surface area contributed by atoms with E-state index < -0.39 is 5.91 Å². The van der Waals surface area contributed by atoms with Crippen LogP contribution in [0.4, 0.5) is 8.78 Å². The van der Waals surface area contributed by atoms with E-state index in [1.54, 1.807) is 12.3 Å². The monoisotopic (exact) mass is 368 g/mol. The number of rotatable bonds is 5. The second-order valence-electron chi connectivity index (χ2n) is 5.94. The number of benzene rings is 2. The highest BCUT2D eigenvalue weighted by atomic mass is 19.1. The van der Waals surface area contributed by atoms with Crippen molar-refractivity contribution in [3.8, 4) is 11.4 Å². The maximum Gasteiger partial charge on any atom is 0.316 e. The van der Waals surface area contributed by atoms with Gasteiger partial charge >= 0.3 is 11.8 Å². The zero-order valence-electron chi connectivity index (χ0n) is 14.0. The van der Waals surface area contributed by atoms with E-state index >= 15 is 0 Å². The fourth-order valence-corrected chi connectivity index (χ4v) is 2.78. The number of nitrogens with one attached hydrogen (secondary N) is 2. The van der Waals surface area contributed by atoms with Crippen LogP contribution in [0.15, 0.2) is 53.2 Å². The molecule has 0 unspecified atom stereocenters. The Labute approximate surface area is 152 Å². The van der Waals surface area contributed by atoms with Crippen LogP contribution in [0.5, 0.6) is 0 Å². The summed E-state index contributed by atoms with van der Waals surface area (Å²) in [7, 11) is 0. The van der Waals surface area contributed by atoms with E-state index in [4.69, 9.17) is 4.52 Å². The SMILES string of the molecule is O=C(NCCc1c[nH]c2ccc(F)cc12)c1nc(-c2ccc(F)cc2)no1. The Balaban J connectivity index is 1.39. The van der Waals surface area contributed by atoms with Gasteiger partial charge in [-0.2, -0.15) is 4.98 Å². The largest absolute Gasteiger partial charge is 0.361 e. The lowest BCUT2D eigenvalue weighted by molar-refractivity contribution is 0.0910. The summed E-state index contributed by atoms with van der Waals surface area (Å²) in [5.41, 5.74) is 2.26. The third kappa shape index (κ3) is 3.55. The molecule has 6 nitrogen and oxygen atoms in total. The first-order valence-electron chi connectivity index (χ1n) is 8.23. The molecule has 4 aromatic rings. The molecular weight excluding hydrogens is 354 g/mol. The fourth-order valence-electron chi connectivity index (χ4n) is 2.78. The molecule has 0 fully saturated rings. The summed E-state index contributed by atoms with van der Waals surface area (Å²) in [4.78, 5) is 19.2. The van der Waals surface area contributed by atoms with Crippen LogP contribution in [-0.2, 0) is 6.42 Å². The van der Waals surface area contributed by atoms with Gasteiger partial charge in [-0.05, 0) is 54.4 Å². The van der Waals surface area contributed by atoms with Gasteiger partial charge in [-0.15, -0.1) is 0 Å². The lowest BCUT2D eigenvalue weighted by Crippen LogP contribution is -2.25. The van der Waals surface area contributed by atoms with Crippen LogP contribution in [0, 0.1) is 11.6 Å². The van der Waals surface area contributed by atoms with Crippen molar-refractivity contribution in [1.29, 1.82) is 0 Å². The van der Waals surface area contributed by atoms with Crippen molar-refractivity contribution < 1.29 is 18.1 Å². The molecule has 0 aliphatic heterocycles. The molecule has 2 heterocycles. The Hall–Kier alpha value is -3.55. The zero-order chi connectivity index (χ0) is 18.8. The minimum Gasteiger partial charge on any atom is -0.361 e. The molecule has 4 rings (SSSR count). The first-order valence-corrected chi connectivity index (χ1v) is 8.23. The summed E-state index contributed by atoms with van der Waals surface area (Å²) in [6.45, 7) is 0.316. The highest BCUT2D eigenvalue weighted by Gasteiger charge is 2.16. The Morgan fingerprint density at radius 2 is 1.89 bits per heavy atom. The molecule has 27 heavy (non-hydrogen) atoms. The Bertz CT molecular complexity index is 1100. The number of fused-ring (bicyclic) bond motifs is 1. The maximum absolute atomic E-state index is 13.4. The molecule has 0 radical (unpaired) electrons. The average molecular weight is 368 g/mol. The molecule has 2 N–H and O–H groups in total. The van der Waals surface area contributed by atoms with E-state index in [2.05, 4.69) is 20.4 Å². The van der Waals surface area contributed by atoms with Crippen molar-refractivity contribution in [3.63, 3.8) is 0 Å². The van der Waals surface area contributed by atoms with Crippen LogP contribution in [0.25, 0.3) is 22.3 Å². The molecule has 0 aliphatic rings. The summed E-state index contributed by atoms with van der Waals surface area (Å²) in [6.07, 6.45) is 2.30. The normalized spacial score (nSPS) is 11.0. The maximum atomic E-state index is 13.4. The van der Waals surface area contributed by atoms with Crippen molar-refractivity contribution in [2.75, 3.05) is 6.54 Å². The number of carbonyl (C=O) groups is 1. The molecule has 0 saturated heterocycles. The van der Waals surface area contributed by atoms with Crippen LogP contribution >= 0.6 is 0 Å². The standard InChI is InChI=1S/C19H14F2N4O2/c20-13-3-1-11(2-4-13)17-24-19(27-25-17)18(26)22-8-7-12-10-23-16-6-5-14(21)9-15(12)16/h1-6,9-10,23H,7-8H2,(H,22,26). The Morgan fingerprint density at radius 3 is 2.70 bits per heavy atom. The number of halogens is 2. The fraction of sp³-hybridized carbons (Fsp3) is 0.105. The number of hydrogen-bond acceptors (Lipinski definition) is 4. The predicted octanol–water partition coefficient (Wildman–Crippen LogP) is 3.47. The molecule has 1 amide bonds. The molecule has 0 atom stereocenters. The van der Waals surface area contributed by atoms with Gasteiger partial charge in [0, 0.05) is 29.2 Å². The van der Waals surface area contributed by atoms with Gasteiger partial charge in [-0.25, -0.2) is 8.78 Å². The molecule has 136 valence electrons. The average Bonchev–Trinajstić information content (AvgIpc) is 3.30. The first kappa shape index (κ1) is 16.9. The molecule has 0 spiro atoms. The van der Waals surface area contributed by atoms with Crippen molar-refractivity contribution in [3.05, 3.63) is 71.8 Å². The third-order valence-electron chi connectivity index (χ3n) is 4.13. The second-order valence-corrected chi connectivity index (χ2v) is 5.94. The number of aromatic nitrogens is 3. The van der Waals surface area contributed by atoms with Gasteiger partial charge in [0.15, 0.2) is 0 Å². The van der Waals surface area contributed by atoms with Crippen LogP contribution in [0.3, 0.4) is 0 Å². The summed E-state index contributed by atoms with van der Waals surface area (Å²) >= 11 is 0. The quantitative estimate of drug-likeness (QED) is 0.565. The number of H-pyrrole nitrogens is 1. The molecule has 8 heteroatoms. The van der Waals surface area contributed by atoms with Gasteiger partial charge in [-0.3, -0.25) is 4.79 Å². The predicted molar refractivity (Wildman–Crippen MR) is 94.0 cm³/mol. The van der Waals surface area contributed by atoms with Crippen molar-refractivity contribution in [2.24, 2.45) is 0 Å². The van der Waals surface area contributed by atoms with Crippen molar-refractivity contribution >= 4 is 16.8 Å². The van der Waals surface area contributed by atoms with Crippen LogP contribution in [0.1, 0.15) is 16.2 Å². The highest BCUT2D eigenvalue weighted by molar-refractivity contribution is 5.90. The van der Waals surface area contributed by atoms with Gasteiger partial charge in [0.2, 0.25) is 5.82 Å². The molecular formula is C19H14F2N4O2. The number of aromatic amines is 1. The van der Waals surface area contributed by atoms with E-state index in [1.807, 2.05) is 0 Å². The molecule has 0 aliphatic carbocycles. The summed E-state index contributed by atoms with van der Waals surface area (Å²) in [6, 6.07) is 10.1. The van der Waals surface area contributed by atoms with Gasteiger partial charge in [-0.1, -0.05) is 5.16 Å². The minimum absolute atomic E-state index is 0.181. The van der Waals surface area contributed by atoms with E-state index in [1.165, 1.54) is 36.4 Å². The van der Waals surface area contributed by atoms with E-state index in [0.29, 0.717) is 18.5 Å². The van der Waals surface area contributed by atoms with Gasteiger partial charge in [0.25, 0.3) is 0 Å². The zero-order valence-corrected chi connectivity index (χ0v) is 14.0. The number of hydrogen-bond donors (Lipinski definition) is 2. The van der Waals surface area contributed by atoms with Gasteiger partial charge in [0.1, 0.15) is 11.6 Å². The molecule has 0 saturated carbocycles. The topological polar surface area (TPSA) is 83.8 Å². The second kappa shape index (κ2) is 6.99. The highest BCUT2D eigenvalue weighted by Crippen LogP contribution is 2.20. The van der Waals surface area contributed by atoms with Crippen molar-refractivity contribution in [2.45, 2.75) is 6.42 Å². The lowest BCUT2D eigenvalue weighted by Gasteiger charge is -2.01. The van der Waals surface area contributed by atoms with E-state index in [-0.39, 0.29) is 23.3 Å². The molecule has 2 aromatic carbocycles. The van der Waals surface area contributed by atoms with E-state index in [0.717, 1.165) is 16.5 Å². The van der Waals surface area contributed by atoms with E-state index in [9.17, 15) is 13.6 Å². The first-order chi connectivity index (χ1) is 13.1. The van der Waals surface area contributed by atoms with Crippen LogP contribution in [-0.4, -0.2) is 27.6 Å². The summed E-state index contributed by atoms with van der Waals surface area (Å²) in [5, 5.41) is 7.20. The Morgan fingerprint density at radius 1 is 1.11 bits per heavy atom. The number of nitrogens with zero attached hydrogens (tertiary/aromatic N) is 2. The van der Waals surface area contributed by atoms with Crippen LogP contribution in [0.2, 0.25) is 0 Å². The van der Waals surface area contributed by atoms with Gasteiger partial charge < -0.3 is 14.8 Å². The van der Waals surface area contributed by atoms with Crippen LogP contribution < -0.4 is 5.32 Å². The minimum atomic E-state index is -0.512. The van der Waals surface area contributed by atoms with Crippen molar-refractivity contribution in [1.82, 2.24) is 20.4 Å². The lowest BCUT2D eigenvalue weighted by atomic mass is 10.1. The smallest absolute Gasteiger partial charge is 0.316 e. The Kier molecular flexibility index (Phi) is 4.37. The summed E-state index contributed by atoms with van der Waals surface area (Å²) in [5.74, 6) is -1.18. The third-order valence-corrected chi connectivity index (χ3v) is 4.13. The summed E-state index contributed by atoms with van der Waals surface area (Å²) < 4.78 is 31.3. The number of amides is 1. The molecule has 2 aromatic heterocycles.